The minimum atomic E-state index is -0.916. The minimum Gasteiger partial charge on any atom is -0.477 e. The average molecular weight is 279 g/mol. The van der Waals surface area contributed by atoms with Gasteiger partial charge in [0.2, 0.25) is 0 Å². The summed E-state index contributed by atoms with van der Waals surface area (Å²) >= 11 is 1.19. The van der Waals surface area contributed by atoms with E-state index < -0.39 is 5.97 Å². The van der Waals surface area contributed by atoms with Crippen LogP contribution in [0.1, 0.15) is 42.4 Å². The van der Waals surface area contributed by atoms with Gasteiger partial charge in [-0.05, 0) is 32.8 Å². The molecule has 2 N–H and O–H groups in total. The third kappa shape index (κ3) is 2.53. The molecule has 0 spiro atoms. The van der Waals surface area contributed by atoms with Crippen LogP contribution in [-0.4, -0.2) is 26.6 Å². The van der Waals surface area contributed by atoms with E-state index in [0.29, 0.717) is 15.5 Å². The summed E-state index contributed by atoms with van der Waals surface area (Å²) in [5.74, 6) is -0.209. The van der Waals surface area contributed by atoms with E-state index in [-0.39, 0.29) is 5.54 Å². The lowest BCUT2D eigenvalue weighted by Crippen LogP contribution is -2.30. The molecule has 6 heteroatoms. The lowest BCUT2D eigenvalue weighted by Gasteiger charge is -2.25. The third-order valence-electron chi connectivity index (χ3n) is 3.26. The summed E-state index contributed by atoms with van der Waals surface area (Å²) in [4.78, 5) is 20.7. The molecule has 102 valence electrons. The zero-order chi connectivity index (χ0) is 14.2. The van der Waals surface area contributed by atoms with Crippen molar-refractivity contribution in [1.82, 2.24) is 9.97 Å². The highest BCUT2D eigenvalue weighted by molar-refractivity contribution is 7.20. The van der Waals surface area contributed by atoms with E-state index in [4.69, 9.17) is 0 Å². The van der Waals surface area contributed by atoms with Crippen molar-refractivity contribution in [2.24, 2.45) is 0 Å². The summed E-state index contributed by atoms with van der Waals surface area (Å²) in [7, 11) is 0. The second-order valence-corrected chi connectivity index (χ2v) is 6.13. The quantitative estimate of drug-likeness (QED) is 0.898. The molecular weight excluding hydrogens is 262 g/mol. The number of fused-ring (bicyclic) bond motifs is 1. The second kappa shape index (κ2) is 4.77. The van der Waals surface area contributed by atoms with E-state index in [0.717, 1.165) is 17.4 Å². The van der Waals surface area contributed by atoms with Crippen molar-refractivity contribution >= 4 is 33.3 Å². The number of nitrogens with zero attached hydrogens (tertiary/aromatic N) is 2. The summed E-state index contributed by atoms with van der Waals surface area (Å²) in [6.45, 7) is 8.06. The number of nitrogens with one attached hydrogen (secondary N) is 1. The number of thiophene rings is 1. The van der Waals surface area contributed by atoms with Gasteiger partial charge in [0.15, 0.2) is 0 Å². The van der Waals surface area contributed by atoms with Crippen molar-refractivity contribution in [3.8, 4) is 0 Å². The van der Waals surface area contributed by atoms with Crippen molar-refractivity contribution in [2.45, 2.75) is 39.7 Å². The molecule has 0 aliphatic rings. The molecule has 5 nitrogen and oxygen atoms in total. The summed E-state index contributed by atoms with van der Waals surface area (Å²) < 4.78 is 0. The predicted octanol–water partition coefficient (Wildman–Crippen LogP) is 3.30. The van der Waals surface area contributed by atoms with E-state index in [1.54, 1.807) is 6.92 Å². The normalized spacial score (nSPS) is 11.8. The molecular formula is C13H17N3O2S. The van der Waals surface area contributed by atoms with E-state index >= 15 is 0 Å². The summed E-state index contributed by atoms with van der Waals surface area (Å²) in [6, 6.07) is 0. The monoisotopic (exact) mass is 279 g/mol. The molecule has 0 fully saturated rings. The Hall–Kier alpha value is -1.69. The molecule has 0 atom stereocenters. The van der Waals surface area contributed by atoms with Gasteiger partial charge in [-0.2, -0.15) is 0 Å². The molecule has 0 aromatic carbocycles. The Morgan fingerprint density at radius 3 is 2.74 bits per heavy atom. The van der Waals surface area contributed by atoms with Gasteiger partial charge in [-0.15, -0.1) is 11.3 Å². The number of hydrogen-bond donors (Lipinski definition) is 2. The minimum absolute atomic E-state index is 0.0982. The fraction of sp³-hybridized carbons (Fsp3) is 0.462. The van der Waals surface area contributed by atoms with E-state index in [1.807, 2.05) is 0 Å². The Balaban J connectivity index is 2.60. The van der Waals surface area contributed by atoms with Crippen LogP contribution in [0.15, 0.2) is 6.33 Å². The van der Waals surface area contributed by atoms with Crippen molar-refractivity contribution in [3.05, 3.63) is 16.8 Å². The molecule has 0 saturated carbocycles. The molecule has 2 rings (SSSR count). The molecule has 19 heavy (non-hydrogen) atoms. The zero-order valence-electron chi connectivity index (χ0n) is 11.4. The van der Waals surface area contributed by atoms with Crippen LogP contribution in [0, 0.1) is 6.92 Å². The predicted molar refractivity (Wildman–Crippen MR) is 77.1 cm³/mol. The van der Waals surface area contributed by atoms with Gasteiger partial charge in [-0.3, -0.25) is 0 Å². The molecule has 0 aliphatic carbocycles. The van der Waals surface area contributed by atoms with Gasteiger partial charge in [0.25, 0.3) is 0 Å². The number of carbonyl (C=O) groups is 1. The summed E-state index contributed by atoms with van der Waals surface area (Å²) in [6.07, 6.45) is 2.41. The van der Waals surface area contributed by atoms with Gasteiger partial charge in [0, 0.05) is 5.54 Å². The maximum absolute atomic E-state index is 11.2. The molecule has 0 saturated heterocycles. The van der Waals surface area contributed by atoms with Crippen molar-refractivity contribution in [2.75, 3.05) is 5.32 Å². The van der Waals surface area contributed by atoms with Gasteiger partial charge < -0.3 is 10.4 Å². The van der Waals surface area contributed by atoms with Gasteiger partial charge in [0.1, 0.15) is 21.9 Å². The molecule has 2 heterocycles. The Bertz CT molecular complexity index is 634. The fourth-order valence-electron chi connectivity index (χ4n) is 1.78. The number of rotatable bonds is 4. The summed E-state index contributed by atoms with van der Waals surface area (Å²) in [5, 5.41) is 13.4. The first kappa shape index (κ1) is 13.7. The number of carboxylic acid groups (broad SMARTS) is 1. The molecule has 2 aromatic rings. The van der Waals surface area contributed by atoms with Crippen LogP contribution in [0.25, 0.3) is 10.2 Å². The average Bonchev–Trinajstić information content (AvgIpc) is 2.68. The molecule has 0 unspecified atom stereocenters. The maximum Gasteiger partial charge on any atom is 0.346 e. The highest BCUT2D eigenvalue weighted by atomic mass is 32.1. The molecule has 2 aromatic heterocycles. The molecule has 0 radical (unpaired) electrons. The Morgan fingerprint density at radius 2 is 2.16 bits per heavy atom. The van der Waals surface area contributed by atoms with Crippen molar-refractivity contribution in [1.29, 1.82) is 0 Å². The van der Waals surface area contributed by atoms with E-state index in [9.17, 15) is 9.90 Å². The molecule has 0 aliphatic heterocycles. The Morgan fingerprint density at radius 1 is 1.47 bits per heavy atom. The first-order valence-corrected chi connectivity index (χ1v) is 6.93. The maximum atomic E-state index is 11.2. The Kier molecular flexibility index (Phi) is 3.45. The van der Waals surface area contributed by atoms with Crippen LogP contribution in [0.2, 0.25) is 0 Å². The second-order valence-electron chi connectivity index (χ2n) is 5.13. The number of anilines is 1. The largest absolute Gasteiger partial charge is 0.477 e. The zero-order valence-corrected chi connectivity index (χ0v) is 12.3. The number of hydrogen-bond acceptors (Lipinski definition) is 5. The van der Waals surface area contributed by atoms with E-state index in [1.165, 1.54) is 17.7 Å². The highest BCUT2D eigenvalue weighted by Gasteiger charge is 2.22. The lowest BCUT2D eigenvalue weighted by molar-refractivity contribution is 0.0701. The first-order valence-electron chi connectivity index (χ1n) is 6.11. The number of aromatic nitrogens is 2. The van der Waals surface area contributed by atoms with E-state index in [2.05, 4.69) is 36.1 Å². The number of aromatic carboxylic acids is 1. The van der Waals surface area contributed by atoms with Crippen LogP contribution in [0.3, 0.4) is 0 Å². The van der Waals surface area contributed by atoms with Crippen LogP contribution < -0.4 is 5.32 Å². The summed E-state index contributed by atoms with van der Waals surface area (Å²) in [5.41, 5.74) is 0.626. The van der Waals surface area contributed by atoms with Crippen LogP contribution >= 0.6 is 11.3 Å². The Labute approximate surface area is 115 Å². The van der Waals surface area contributed by atoms with Crippen molar-refractivity contribution in [3.63, 3.8) is 0 Å². The van der Waals surface area contributed by atoms with Gasteiger partial charge >= 0.3 is 5.97 Å². The van der Waals surface area contributed by atoms with Crippen molar-refractivity contribution < 1.29 is 9.90 Å². The van der Waals surface area contributed by atoms with Gasteiger partial charge in [0.05, 0.1) is 5.39 Å². The SMILES string of the molecule is CCC(C)(C)Nc1ncnc2sc(C(=O)O)c(C)c12. The number of carboxylic acids is 1. The highest BCUT2D eigenvalue weighted by Crippen LogP contribution is 2.34. The topological polar surface area (TPSA) is 75.1 Å². The van der Waals surface area contributed by atoms with Gasteiger partial charge in [-0.1, -0.05) is 6.92 Å². The molecule has 0 bridgehead atoms. The third-order valence-corrected chi connectivity index (χ3v) is 4.45. The number of aryl methyl sites for hydroxylation is 1. The fourth-order valence-corrected chi connectivity index (χ4v) is 2.77. The lowest BCUT2D eigenvalue weighted by atomic mass is 10.0. The molecule has 0 amide bonds. The van der Waals surface area contributed by atoms with Gasteiger partial charge in [-0.25, -0.2) is 14.8 Å². The van der Waals surface area contributed by atoms with Crippen LogP contribution in [-0.2, 0) is 0 Å². The van der Waals surface area contributed by atoms with Crippen LogP contribution in [0.4, 0.5) is 5.82 Å². The standard InChI is InChI=1S/C13H17N3O2S/c1-5-13(3,4)16-10-8-7(2)9(12(17)18)19-11(8)15-6-14-10/h6H,5H2,1-4H3,(H,17,18)(H,14,15,16). The smallest absolute Gasteiger partial charge is 0.346 e. The van der Waals surface area contributed by atoms with Crippen LogP contribution in [0.5, 0.6) is 0 Å². The first-order chi connectivity index (χ1) is 8.85.